The Balaban J connectivity index is 1.89. The van der Waals surface area contributed by atoms with Gasteiger partial charge in [-0.15, -0.1) is 0 Å². The lowest BCUT2D eigenvalue weighted by Crippen LogP contribution is -1.95. The van der Waals surface area contributed by atoms with Crippen LogP contribution in [0.3, 0.4) is 0 Å². The molecule has 0 aliphatic heterocycles. The van der Waals surface area contributed by atoms with Crippen molar-refractivity contribution in [3.05, 3.63) is 65.8 Å². The lowest BCUT2D eigenvalue weighted by Gasteiger charge is -1.99. The minimum Gasteiger partial charge on any atom is -0.383 e. The summed E-state index contributed by atoms with van der Waals surface area (Å²) in [7, 11) is 0. The minimum atomic E-state index is 0.667. The second-order valence-corrected chi connectivity index (χ2v) is 4.68. The van der Waals surface area contributed by atoms with Gasteiger partial charge < -0.3 is 5.73 Å². The van der Waals surface area contributed by atoms with E-state index in [1.165, 1.54) is 5.56 Å². The molecule has 3 rings (SSSR count). The number of imidazole rings is 1. The standard InChI is InChI=1S/C16H16N4/c1-12-15(17)20-11-10-18-14(16(20)19-12)9-5-8-13-6-3-2-4-7-13/h2-7,9-11H,8,17H2,1H3/b9-5+. The molecule has 1 aromatic carbocycles. The molecule has 0 bridgehead atoms. The van der Waals surface area contributed by atoms with Crippen molar-refractivity contribution in [2.45, 2.75) is 13.3 Å². The van der Waals surface area contributed by atoms with Crippen LogP contribution < -0.4 is 5.73 Å². The zero-order valence-electron chi connectivity index (χ0n) is 11.3. The monoisotopic (exact) mass is 264 g/mol. The number of allylic oxidation sites excluding steroid dienone is 1. The van der Waals surface area contributed by atoms with Crippen LogP contribution in [-0.2, 0) is 6.42 Å². The number of nitrogens with zero attached hydrogens (tertiary/aromatic N) is 3. The molecule has 2 N–H and O–H groups in total. The van der Waals surface area contributed by atoms with E-state index in [9.17, 15) is 0 Å². The number of anilines is 1. The quantitative estimate of drug-likeness (QED) is 0.791. The van der Waals surface area contributed by atoms with Gasteiger partial charge in [-0.3, -0.25) is 9.38 Å². The van der Waals surface area contributed by atoms with Gasteiger partial charge in [-0.25, -0.2) is 4.98 Å². The molecule has 0 aliphatic carbocycles. The highest BCUT2D eigenvalue weighted by Crippen LogP contribution is 2.16. The lowest BCUT2D eigenvalue weighted by atomic mass is 10.1. The van der Waals surface area contributed by atoms with Crippen molar-refractivity contribution in [3.63, 3.8) is 0 Å². The van der Waals surface area contributed by atoms with Crippen LogP contribution in [0.15, 0.2) is 48.8 Å². The van der Waals surface area contributed by atoms with E-state index in [2.05, 4.69) is 28.2 Å². The Labute approximate surface area is 117 Å². The number of nitrogen functional groups attached to an aromatic ring is 1. The van der Waals surface area contributed by atoms with Gasteiger partial charge in [0.25, 0.3) is 0 Å². The Bertz CT molecular complexity index is 757. The predicted octanol–water partition coefficient (Wildman–Crippen LogP) is 2.88. The first-order chi connectivity index (χ1) is 9.75. The van der Waals surface area contributed by atoms with Crippen LogP contribution >= 0.6 is 0 Å². The van der Waals surface area contributed by atoms with Crippen molar-refractivity contribution in [3.8, 4) is 0 Å². The molecule has 4 nitrogen and oxygen atoms in total. The molecule has 0 saturated heterocycles. The van der Waals surface area contributed by atoms with Crippen LogP contribution in [0.25, 0.3) is 11.7 Å². The Morgan fingerprint density at radius 1 is 1.25 bits per heavy atom. The molecular formula is C16H16N4. The number of hydrogen-bond donors (Lipinski definition) is 1. The smallest absolute Gasteiger partial charge is 0.164 e. The van der Waals surface area contributed by atoms with Gasteiger partial charge in [0.15, 0.2) is 5.65 Å². The molecule has 3 aromatic rings. The fourth-order valence-electron chi connectivity index (χ4n) is 2.17. The van der Waals surface area contributed by atoms with E-state index >= 15 is 0 Å². The van der Waals surface area contributed by atoms with Crippen molar-refractivity contribution < 1.29 is 0 Å². The second kappa shape index (κ2) is 5.17. The molecule has 4 heteroatoms. The summed E-state index contributed by atoms with van der Waals surface area (Å²) in [5.41, 5.74) is 9.71. The summed E-state index contributed by atoms with van der Waals surface area (Å²) in [6.45, 7) is 1.90. The molecule has 20 heavy (non-hydrogen) atoms. The van der Waals surface area contributed by atoms with Crippen LogP contribution in [0, 0.1) is 6.92 Å². The van der Waals surface area contributed by atoms with Crippen molar-refractivity contribution in [1.29, 1.82) is 0 Å². The first-order valence-corrected chi connectivity index (χ1v) is 6.55. The zero-order chi connectivity index (χ0) is 13.9. The minimum absolute atomic E-state index is 0.667. The third kappa shape index (κ3) is 2.28. The molecule has 100 valence electrons. The van der Waals surface area contributed by atoms with Crippen molar-refractivity contribution >= 4 is 17.5 Å². The van der Waals surface area contributed by atoms with Gasteiger partial charge in [0.1, 0.15) is 11.5 Å². The molecule has 0 atom stereocenters. The Kier molecular flexibility index (Phi) is 3.21. The summed E-state index contributed by atoms with van der Waals surface area (Å²) < 4.78 is 1.87. The molecule has 0 aliphatic rings. The summed E-state index contributed by atoms with van der Waals surface area (Å²) in [4.78, 5) is 8.83. The van der Waals surface area contributed by atoms with E-state index < -0.39 is 0 Å². The van der Waals surface area contributed by atoms with E-state index in [0.29, 0.717) is 5.82 Å². The highest BCUT2D eigenvalue weighted by atomic mass is 15.1. The SMILES string of the molecule is Cc1nc2c(/C=C/Cc3ccccc3)nccn2c1N. The van der Waals surface area contributed by atoms with Crippen LogP contribution in [-0.4, -0.2) is 14.4 Å². The van der Waals surface area contributed by atoms with E-state index in [0.717, 1.165) is 23.5 Å². The van der Waals surface area contributed by atoms with Gasteiger partial charge in [-0.05, 0) is 25.0 Å². The average Bonchev–Trinajstić information content (AvgIpc) is 2.77. The number of benzene rings is 1. The fraction of sp³-hybridized carbons (Fsp3) is 0.125. The number of fused-ring (bicyclic) bond motifs is 1. The first kappa shape index (κ1) is 12.4. The van der Waals surface area contributed by atoms with Gasteiger partial charge in [0.05, 0.1) is 5.69 Å². The van der Waals surface area contributed by atoms with E-state index in [-0.39, 0.29) is 0 Å². The molecule has 0 unspecified atom stereocenters. The molecule has 0 radical (unpaired) electrons. The number of hydrogen-bond acceptors (Lipinski definition) is 3. The van der Waals surface area contributed by atoms with Crippen molar-refractivity contribution in [2.75, 3.05) is 5.73 Å². The van der Waals surface area contributed by atoms with Gasteiger partial charge in [-0.1, -0.05) is 36.4 Å². The molecule has 0 spiro atoms. The summed E-state index contributed by atoms with van der Waals surface area (Å²) in [6.07, 6.45) is 8.54. The Morgan fingerprint density at radius 2 is 2.05 bits per heavy atom. The number of aromatic nitrogens is 3. The maximum Gasteiger partial charge on any atom is 0.164 e. The van der Waals surface area contributed by atoms with Crippen LogP contribution in [0.4, 0.5) is 5.82 Å². The molecule has 2 aromatic heterocycles. The van der Waals surface area contributed by atoms with Crippen molar-refractivity contribution in [2.24, 2.45) is 0 Å². The summed E-state index contributed by atoms with van der Waals surface area (Å²) >= 11 is 0. The first-order valence-electron chi connectivity index (χ1n) is 6.55. The normalized spacial score (nSPS) is 11.4. The molecule has 2 heterocycles. The van der Waals surface area contributed by atoms with Gasteiger partial charge in [0, 0.05) is 12.4 Å². The topological polar surface area (TPSA) is 56.2 Å². The summed E-state index contributed by atoms with van der Waals surface area (Å²) in [6, 6.07) is 10.3. The molecular weight excluding hydrogens is 248 g/mol. The number of rotatable bonds is 3. The highest BCUT2D eigenvalue weighted by molar-refractivity contribution is 5.65. The predicted molar refractivity (Wildman–Crippen MR) is 81.3 cm³/mol. The third-order valence-electron chi connectivity index (χ3n) is 3.26. The highest BCUT2D eigenvalue weighted by Gasteiger charge is 2.07. The lowest BCUT2D eigenvalue weighted by molar-refractivity contribution is 1.12. The summed E-state index contributed by atoms with van der Waals surface area (Å²) in [5, 5.41) is 0. The average molecular weight is 264 g/mol. The molecule has 0 amide bonds. The molecule has 0 saturated carbocycles. The maximum absolute atomic E-state index is 5.98. The van der Waals surface area contributed by atoms with Gasteiger partial charge in [0.2, 0.25) is 0 Å². The zero-order valence-corrected chi connectivity index (χ0v) is 11.3. The third-order valence-corrected chi connectivity index (χ3v) is 3.26. The molecule has 0 fully saturated rings. The second-order valence-electron chi connectivity index (χ2n) is 4.68. The Hall–Kier alpha value is -2.62. The Morgan fingerprint density at radius 3 is 2.85 bits per heavy atom. The fourth-order valence-corrected chi connectivity index (χ4v) is 2.17. The van der Waals surface area contributed by atoms with E-state index in [4.69, 9.17) is 5.73 Å². The summed E-state index contributed by atoms with van der Waals surface area (Å²) in [5.74, 6) is 0.667. The van der Waals surface area contributed by atoms with Crippen LogP contribution in [0.5, 0.6) is 0 Å². The van der Waals surface area contributed by atoms with Crippen LogP contribution in [0.1, 0.15) is 17.0 Å². The van der Waals surface area contributed by atoms with Gasteiger partial charge in [-0.2, -0.15) is 0 Å². The number of nitrogens with two attached hydrogens (primary N) is 1. The number of aryl methyl sites for hydroxylation is 1. The van der Waals surface area contributed by atoms with E-state index in [1.54, 1.807) is 6.20 Å². The van der Waals surface area contributed by atoms with Crippen molar-refractivity contribution in [1.82, 2.24) is 14.4 Å². The van der Waals surface area contributed by atoms with E-state index in [1.807, 2.05) is 41.8 Å². The maximum atomic E-state index is 5.98. The van der Waals surface area contributed by atoms with Crippen LogP contribution in [0.2, 0.25) is 0 Å². The largest absolute Gasteiger partial charge is 0.383 e. The van der Waals surface area contributed by atoms with Gasteiger partial charge >= 0.3 is 0 Å².